The van der Waals surface area contributed by atoms with Gasteiger partial charge in [0.1, 0.15) is 22.1 Å². The van der Waals surface area contributed by atoms with E-state index in [1.54, 1.807) is 4.90 Å². The minimum Gasteiger partial charge on any atom is -0.493 e. The Balaban J connectivity index is 1.70. The van der Waals surface area contributed by atoms with Crippen LogP contribution in [-0.4, -0.2) is 51.0 Å². The van der Waals surface area contributed by atoms with E-state index in [9.17, 15) is 17.6 Å². The number of likely N-dealkylation sites (tertiary alicyclic amines) is 1. The molecule has 1 saturated heterocycles. The zero-order chi connectivity index (χ0) is 20.9. The van der Waals surface area contributed by atoms with Gasteiger partial charge in [0.15, 0.2) is 9.84 Å². The largest absolute Gasteiger partial charge is 0.493 e. The fraction of sp³-hybridized carbons (Fsp3) is 0.650. The third-order valence-electron chi connectivity index (χ3n) is 4.59. The molecule has 28 heavy (non-hydrogen) atoms. The lowest BCUT2D eigenvalue weighted by atomic mass is 9.92. The van der Waals surface area contributed by atoms with Gasteiger partial charge in [-0.1, -0.05) is 0 Å². The molecule has 6 nitrogen and oxygen atoms in total. The van der Waals surface area contributed by atoms with E-state index in [1.807, 2.05) is 20.8 Å². The van der Waals surface area contributed by atoms with Crippen molar-refractivity contribution in [1.82, 2.24) is 4.90 Å². The van der Waals surface area contributed by atoms with E-state index in [1.165, 1.54) is 12.1 Å². The van der Waals surface area contributed by atoms with Gasteiger partial charge >= 0.3 is 6.09 Å². The maximum Gasteiger partial charge on any atom is 0.410 e. The predicted molar refractivity (Wildman–Crippen MR) is 105 cm³/mol. The van der Waals surface area contributed by atoms with Gasteiger partial charge in [-0.2, -0.15) is 0 Å². The molecule has 1 amide bonds. The molecule has 2 rings (SSSR count). The molecule has 0 aromatic heterocycles. The van der Waals surface area contributed by atoms with Crippen LogP contribution in [0, 0.1) is 11.7 Å². The van der Waals surface area contributed by atoms with Crippen LogP contribution < -0.4 is 4.74 Å². The molecule has 0 radical (unpaired) electrons. The molecule has 1 aliphatic heterocycles. The van der Waals surface area contributed by atoms with Crippen molar-refractivity contribution in [2.45, 2.75) is 57.0 Å². The number of amides is 1. The summed E-state index contributed by atoms with van der Waals surface area (Å²) in [6.45, 7) is 7.40. The topological polar surface area (TPSA) is 72.9 Å². The molecule has 0 bridgehead atoms. The third kappa shape index (κ3) is 6.96. The highest BCUT2D eigenvalue weighted by molar-refractivity contribution is 7.90. The molecule has 8 heteroatoms. The van der Waals surface area contributed by atoms with E-state index in [-0.39, 0.29) is 11.0 Å². The van der Waals surface area contributed by atoms with Crippen molar-refractivity contribution in [3.8, 4) is 5.75 Å². The highest BCUT2D eigenvalue weighted by Crippen LogP contribution is 2.24. The Morgan fingerprint density at radius 1 is 1.25 bits per heavy atom. The van der Waals surface area contributed by atoms with Crippen LogP contribution in [0.3, 0.4) is 0 Å². The minimum atomic E-state index is -3.58. The number of piperidine rings is 1. The first-order valence-corrected chi connectivity index (χ1v) is 11.5. The van der Waals surface area contributed by atoms with E-state index in [0.717, 1.165) is 38.0 Å². The summed E-state index contributed by atoms with van der Waals surface area (Å²) < 4.78 is 47.6. The zero-order valence-electron chi connectivity index (χ0n) is 17.0. The zero-order valence-corrected chi connectivity index (χ0v) is 17.9. The van der Waals surface area contributed by atoms with Crippen molar-refractivity contribution >= 4 is 15.9 Å². The van der Waals surface area contributed by atoms with E-state index >= 15 is 0 Å². The van der Waals surface area contributed by atoms with Gasteiger partial charge in [-0.25, -0.2) is 17.6 Å². The predicted octanol–water partition coefficient (Wildman–Crippen LogP) is 4.04. The third-order valence-corrected chi connectivity index (χ3v) is 5.72. The average Bonchev–Trinajstić information content (AvgIpc) is 2.56. The summed E-state index contributed by atoms with van der Waals surface area (Å²) in [5.74, 6) is 0.0470. The molecule has 0 N–H and O–H groups in total. The number of sulfone groups is 1. The van der Waals surface area contributed by atoms with Crippen LogP contribution in [0.1, 0.15) is 46.5 Å². The Labute approximate surface area is 166 Å². The van der Waals surface area contributed by atoms with Crippen LogP contribution in [0.25, 0.3) is 0 Å². The smallest absolute Gasteiger partial charge is 0.410 e. The Morgan fingerprint density at radius 3 is 2.43 bits per heavy atom. The molecule has 1 fully saturated rings. The summed E-state index contributed by atoms with van der Waals surface area (Å²) in [7, 11) is -3.58. The number of hydrogen-bond donors (Lipinski definition) is 0. The lowest BCUT2D eigenvalue weighted by Crippen LogP contribution is -2.41. The van der Waals surface area contributed by atoms with E-state index in [4.69, 9.17) is 9.47 Å². The molecule has 1 aromatic rings. The van der Waals surface area contributed by atoms with Gasteiger partial charge < -0.3 is 14.4 Å². The molecule has 1 aromatic carbocycles. The molecule has 1 heterocycles. The number of halogens is 1. The summed E-state index contributed by atoms with van der Waals surface area (Å²) in [6.07, 6.45) is 4.35. The molecule has 0 spiro atoms. The number of hydrogen-bond acceptors (Lipinski definition) is 5. The Morgan fingerprint density at radius 2 is 1.89 bits per heavy atom. The normalized spacial score (nSPS) is 16.1. The summed E-state index contributed by atoms with van der Waals surface area (Å²) in [5.41, 5.74) is -0.482. The van der Waals surface area contributed by atoms with E-state index in [0.29, 0.717) is 31.4 Å². The van der Waals surface area contributed by atoms with Gasteiger partial charge in [-0.15, -0.1) is 0 Å². The van der Waals surface area contributed by atoms with Gasteiger partial charge in [-0.3, -0.25) is 0 Å². The van der Waals surface area contributed by atoms with E-state index < -0.39 is 21.3 Å². The minimum absolute atomic E-state index is 0.256. The van der Waals surface area contributed by atoms with Gasteiger partial charge in [0.25, 0.3) is 0 Å². The highest BCUT2D eigenvalue weighted by Gasteiger charge is 2.26. The molecule has 0 saturated carbocycles. The molecule has 0 aliphatic carbocycles. The monoisotopic (exact) mass is 415 g/mol. The molecule has 0 unspecified atom stereocenters. The number of rotatable bonds is 6. The van der Waals surface area contributed by atoms with Crippen LogP contribution >= 0.6 is 0 Å². The Kier molecular flexibility index (Phi) is 7.31. The molecule has 0 atom stereocenters. The van der Waals surface area contributed by atoms with Gasteiger partial charge in [-0.05, 0) is 64.5 Å². The van der Waals surface area contributed by atoms with Crippen LogP contribution in [0.15, 0.2) is 23.1 Å². The fourth-order valence-corrected chi connectivity index (χ4v) is 3.89. The number of carbonyl (C=O) groups excluding carboxylic acids is 1. The van der Waals surface area contributed by atoms with Gasteiger partial charge in [0.2, 0.25) is 0 Å². The summed E-state index contributed by atoms with van der Waals surface area (Å²) in [6, 6.07) is 3.81. The van der Waals surface area contributed by atoms with Crippen LogP contribution in [0.5, 0.6) is 5.75 Å². The Bertz CT molecular complexity index is 780. The van der Waals surface area contributed by atoms with Crippen molar-refractivity contribution in [1.29, 1.82) is 0 Å². The maximum atomic E-state index is 13.8. The van der Waals surface area contributed by atoms with Crippen LogP contribution in [-0.2, 0) is 14.6 Å². The second kappa shape index (κ2) is 9.11. The molecular formula is C20H30FNO5S. The van der Waals surface area contributed by atoms with Crippen molar-refractivity contribution in [2.75, 3.05) is 26.0 Å². The number of nitrogens with zero attached hydrogens (tertiary/aromatic N) is 1. The first-order valence-electron chi connectivity index (χ1n) is 9.56. The first-order chi connectivity index (χ1) is 13.0. The molecular weight excluding hydrogens is 385 g/mol. The lowest BCUT2D eigenvalue weighted by molar-refractivity contribution is 0.0179. The SMILES string of the molecule is CC(C)(C)OC(=O)N1CCC(CCCOc2ccc(S(C)(=O)=O)c(F)c2)CC1. The van der Waals surface area contributed by atoms with Gasteiger partial charge in [0.05, 0.1) is 6.61 Å². The lowest BCUT2D eigenvalue weighted by Gasteiger charge is -2.33. The van der Waals surface area contributed by atoms with Crippen molar-refractivity contribution in [3.05, 3.63) is 24.0 Å². The molecule has 158 valence electrons. The fourth-order valence-electron chi connectivity index (χ4n) is 3.16. The summed E-state index contributed by atoms with van der Waals surface area (Å²) in [4.78, 5) is 13.5. The van der Waals surface area contributed by atoms with Crippen molar-refractivity contribution in [3.63, 3.8) is 0 Å². The second-order valence-corrected chi connectivity index (χ2v) is 10.3. The second-order valence-electron chi connectivity index (χ2n) is 8.27. The van der Waals surface area contributed by atoms with Crippen LogP contribution in [0.2, 0.25) is 0 Å². The average molecular weight is 416 g/mol. The number of benzene rings is 1. The van der Waals surface area contributed by atoms with Gasteiger partial charge in [0, 0.05) is 25.4 Å². The summed E-state index contributed by atoms with van der Waals surface area (Å²) in [5, 5.41) is 0. The Hall–Kier alpha value is -1.83. The summed E-state index contributed by atoms with van der Waals surface area (Å²) >= 11 is 0. The maximum absolute atomic E-state index is 13.8. The standard InChI is InChI=1S/C20H30FNO5S/c1-20(2,3)27-19(23)22-11-9-15(10-12-22)6-5-13-26-16-7-8-18(17(21)14-16)28(4,24)25/h7-8,14-15H,5-6,9-13H2,1-4H3. The van der Waals surface area contributed by atoms with Crippen molar-refractivity contribution < 1.29 is 27.1 Å². The number of ether oxygens (including phenoxy) is 2. The quantitative estimate of drug-likeness (QED) is 0.656. The van der Waals surface area contributed by atoms with Crippen LogP contribution in [0.4, 0.5) is 9.18 Å². The highest BCUT2D eigenvalue weighted by atomic mass is 32.2. The van der Waals surface area contributed by atoms with E-state index in [2.05, 4.69) is 0 Å². The number of carbonyl (C=O) groups is 1. The van der Waals surface area contributed by atoms with Crippen molar-refractivity contribution in [2.24, 2.45) is 5.92 Å². The first kappa shape index (κ1) is 22.5. The molecule has 1 aliphatic rings.